The van der Waals surface area contributed by atoms with Crippen LogP contribution in [-0.2, 0) is 4.79 Å². The Morgan fingerprint density at radius 2 is 2.29 bits per heavy atom. The van der Waals surface area contributed by atoms with Crippen molar-refractivity contribution < 1.29 is 9.90 Å². The fraction of sp³-hybridized carbons (Fsp3) is 0.900. The molecule has 1 aliphatic heterocycles. The number of aliphatic hydroxyl groups is 1. The molecule has 1 saturated heterocycles. The third-order valence-electron chi connectivity index (χ3n) is 2.52. The number of nitrogens with zero attached hydrogens (tertiary/aromatic N) is 1. The minimum Gasteiger partial charge on any atom is -0.391 e. The summed E-state index contributed by atoms with van der Waals surface area (Å²) in [6.45, 7) is 5.19. The van der Waals surface area contributed by atoms with Gasteiger partial charge in [-0.1, -0.05) is 13.8 Å². The van der Waals surface area contributed by atoms with Crippen LogP contribution in [0.25, 0.3) is 0 Å². The molecule has 2 atom stereocenters. The molecule has 3 N–H and O–H groups in total. The van der Waals surface area contributed by atoms with E-state index in [-0.39, 0.29) is 12.0 Å². The van der Waals surface area contributed by atoms with Gasteiger partial charge in [0.1, 0.15) is 0 Å². The lowest BCUT2D eigenvalue weighted by molar-refractivity contribution is -0.132. The van der Waals surface area contributed by atoms with Gasteiger partial charge in [0.2, 0.25) is 5.91 Å². The Morgan fingerprint density at radius 3 is 2.71 bits per heavy atom. The van der Waals surface area contributed by atoms with Crippen molar-refractivity contribution in [2.24, 2.45) is 11.7 Å². The van der Waals surface area contributed by atoms with Crippen LogP contribution in [0.3, 0.4) is 0 Å². The molecule has 1 fully saturated rings. The van der Waals surface area contributed by atoms with Gasteiger partial charge in [0.25, 0.3) is 0 Å². The van der Waals surface area contributed by atoms with Crippen LogP contribution in [0.5, 0.6) is 0 Å². The molecule has 0 aromatic heterocycles. The molecule has 4 heteroatoms. The fourth-order valence-corrected chi connectivity index (χ4v) is 1.79. The minimum absolute atomic E-state index is 0.0183. The molecule has 1 heterocycles. The second-order valence-electron chi connectivity index (χ2n) is 4.46. The van der Waals surface area contributed by atoms with Gasteiger partial charge >= 0.3 is 0 Å². The first-order valence-electron chi connectivity index (χ1n) is 5.23. The van der Waals surface area contributed by atoms with Crippen molar-refractivity contribution in [1.82, 2.24) is 4.90 Å². The molecule has 0 aromatic rings. The first kappa shape index (κ1) is 11.5. The number of amides is 1. The minimum atomic E-state index is -0.403. The topological polar surface area (TPSA) is 66.6 Å². The molecule has 14 heavy (non-hydrogen) atoms. The predicted octanol–water partition coefficient (Wildman–Crippen LogP) is -0.0470. The number of carbonyl (C=O) groups is 1. The Labute approximate surface area is 85.1 Å². The third-order valence-corrected chi connectivity index (χ3v) is 2.52. The maximum absolute atomic E-state index is 11.7. The van der Waals surface area contributed by atoms with Gasteiger partial charge < -0.3 is 15.7 Å². The van der Waals surface area contributed by atoms with Gasteiger partial charge in [-0.3, -0.25) is 4.79 Å². The first-order valence-corrected chi connectivity index (χ1v) is 5.23. The van der Waals surface area contributed by atoms with E-state index in [1.54, 1.807) is 4.90 Å². The quantitative estimate of drug-likeness (QED) is 0.671. The van der Waals surface area contributed by atoms with Crippen LogP contribution in [-0.4, -0.2) is 41.1 Å². The molecular formula is C10H20N2O2. The number of likely N-dealkylation sites (tertiary alicyclic amines) is 1. The summed E-state index contributed by atoms with van der Waals surface area (Å²) < 4.78 is 0. The zero-order valence-electron chi connectivity index (χ0n) is 8.94. The van der Waals surface area contributed by atoms with Gasteiger partial charge in [0, 0.05) is 13.1 Å². The van der Waals surface area contributed by atoms with Gasteiger partial charge in [-0.2, -0.15) is 0 Å². The number of hydrogen-bond acceptors (Lipinski definition) is 3. The van der Waals surface area contributed by atoms with E-state index in [2.05, 4.69) is 0 Å². The number of β-amino-alcohol motifs (C(OH)–C–C–N with tert-alkyl or cyclic N) is 1. The molecule has 0 radical (unpaired) electrons. The summed E-state index contributed by atoms with van der Waals surface area (Å²) in [5, 5.41) is 9.28. The fourth-order valence-electron chi connectivity index (χ4n) is 1.79. The van der Waals surface area contributed by atoms with E-state index < -0.39 is 6.04 Å². The molecule has 0 aromatic carbocycles. The van der Waals surface area contributed by atoms with Crippen LogP contribution in [0.4, 0.5) is 0 Å². The van der Waals surface area contributed by atoms with Gasteiger partial charge in [-0.05, 0) is 18.8 Å². The van der Waals surface area contributed by atoms with Crippen molar-refractivity contribution in [3.8, 4) is 0 Å². The Kier molecular flexibility index (Phi) is 3.89. The van der Waals surface area contributed by atoms with E-state index >= 15 is 0 Å². The highest BCUT2D eigenvalue weighted by atomic mass is 16.3. The van der Waals surface area contributed by atoms with Crippen LogP contribution >= 0.6 is 0 Å². The predicted molar refractivity (Wildman–Crippen MR) is 54.6 cm³/mol. The first-order chi connectivity index (χ1) is 6.50. The van der Waals surface area contributed by atoms with Crippen molar-refractivity contribution in [3.05, 3.63) is 0 Å². The lowest BCUT2D eigenvalue weighted by atomic mass is 10.0. The van der Waals surface area contributed by atoms with E-state index in [1.807, 2.05) is 13.8 Å². The van der Waals surface area contributed by atoms with E-state index in [4.69, 9.17) is 5.73 Å². The normalized spacial score (nSPS) is 24.4. The molecule has 1 rings (SSSR count). The van der Waals surface area contributed by atoms with Crippen LogP contribution < -0.4 is 5.73 Å². The molecule has 1 amide bonds. The number of carbonyl (C=O) groups excluding carboxylic acids is 1. The summed E-state index contributed by atoms with van der Waals surface area (Å²) in [4.78, 5) is 13.4. The molecule has 0 bridgehead atoms. The van der Waals surface area contributed by atoms with E-state index in [9.17, 15) is 9.90 Å². The number of nitrogens with two attached hydrogens (primary N) is 1. The Hall–Kier alpha value is -0.610. The van der Waals surface area contributed by atoms with Crippen LogP contribution in [0.15, 0.2) is 0 Å². The zero-order chi connectivity index (χ0) is 10.7. The maximum Gasteiger partial charge on any atom is 0.239 e. The largest absolute Gasteiger partial charge is 0.391 e. The standard InChI is InChI=1S/C10H20N2O2/c1-7(2)5-9(11)10(14)12-4-3-8(13)6-12/h7-9,13H,3-6,11H2,1-2H3/t8-,9+/m1/s1. The van der Waals surface area contributed by atoms with Crippen molar-refractivity contribution in [2.45, 2.75) is 38.8 Å². The number of rotatable bonds is 3. The zero-order valence-corrected chi connectivity index (χ0v) is 8.94. The Bertz CT molecular complexity index is 206. The number of aliphatic hydroxyl groups excluding tert-OH is 1. The summed E-state index contributed by atoms with van der Waals surface area (Å²) in [5.74, 6) is 0.414. The molecule has 82 valence electrons. The van der Waals surface area contributed by atoms with Crippen molar-refractivity contribution in [1.29, 1.82) is 0 Å². The second-order valence-corrected chi connectivity index (χ2v) is 4.46. The van der Waals surface area contributed by atoms with Gasteiger partial charge in [-0.25, -0.2) is 0 Å². The van der Waals surface area contributed by atoms with Crippen molar-refractivity contribution in [3.63, 3.8) is 0 Å². The molecule has 0 aliphatic carbocycles. The SMILES string of the molecule is CC(C)C[C@H](N)C(=O)N1CC[C@@H](O)C1. The lowest BCUT2D eigenvalue weighted by Gasteiger charge is -2.21. The maximum atomic E-state index is 11.7. The average molecular weight is 200 g/mol. The average Bonchev–Trinajstić information content (AvgIpc) is 2.49. The summed E-state index contributed by atoms with van der Waals surface area (Å²) in [5.41, 5.74) is 5.77. The lowest BCUT2D eigenvalue weighted by Crippen LogP contribution is -2.43. The highest BCUT2D eigenvalue weighted by Gasteiger charge is 2.28. The highest BCUT2D eigenvalue weighted by Crippen LogP contribution is 2.12. The smallest absolute Gasteiger partial charge is 0.239 e. The van der Waals surface area contributed by atoms with Gasteiger partial charge in [-0.15, -0.1) is 0 Å². The van der Waals surface area contributed by atoms with E-state index in [0.717, 1.165) is 0 Å². The molecule has 0 spiro atoms. The molecule has 0 unspecified atom stereocenters. The van der Waals surface area contributed by atoms with Crippen molar-refractivity contribution in [2.75, 3.05) is 13.1 Å². The van der Waals surface area contributed by atoms with E-state index in [1.165, 1.54) is 0 Å². The van der Waals surface area contributed by atoms with Crippen LogP contribution in [0, 0.1) is 5.92 Å². The molecule has 4 nitrogen and oxygen atoms in total. The molecular weight excluding hydrogens is 180 g/mol. The van der Waals surface area contributed by atoms with Crippen LogP contribution in [0.2, 0.25) is 0 Å². The molecule has 1 aliphatic rings. The Morgan fingerprint density at radius 1 is 1.64 bits per heavy atom. The highest BCUT2D eigenvalue weighted by molar-refractivity contribution is 5.81. The monoisotopic (exact) mass is 200 g/mol. The summed E-state index contributed by atoms with van der Waals surface area (Å²) in [6, 6.07) is -0.403. The van der Waals surface area contributed by atoms with Crippen molar-refractivity contribution >= 4 is 5.91 Å². The Balaban J connectivity index is 2.40. The van der Waals surface area contributed by atoms with Gasteiger partial charge in [0.05, 0.1) is 12.1 Å². The summed E-state index contributed by atoms with van der Waals surface area (Å²) in [6.07, 6.45) is 1.04. The summed E-state index contributed by atoms with van der Waals surface area (Å²) >= 11 is 0. The second kappa shape index (κ2) is 4.75. The van der Waals surface area contributed by atoms with Crippen LogP contribution in [0.1, 0.15) is 26.7 Å². The summed E-state index contributed by atoms with van der Waals surface area (Å²) in [7, 11) is 0. The van der Waals surface area contributed by atoms with Gasteiger partial charge in [0.15, 0.2) is 0 Å². The third kappa shape index (κ3) is 2.96. The number of hydrogen-bond donors (Lipinski definition) is 2. The molecule has 0 saturated carbocycles. The van der Waals surface area contributed by atoms with E-state index in [0.29, 0.717) is 31.8 Å².